The van der Waals surface area contributed by atoms with Gasteiger partial charge in [-0.05, 0) is 42.8 Å². The van der Waals surface area contributed by atoms with Crippen LogP contribution in [-0.2, 0) is 17.9 Å². The molecule has 1 aliphatic rings. The van der Waals surface area contributed by atoms with E-state index in [-0.39, 0.29) is 11.8 Å². The molecule has 170 valence electrons. The van der Waals surface area contributed by atoms with E-state index in [2.05, 4.69) is 5.32 Å². The Labute approximate surface area is 192 Å². The quantitative estimate of drug-likeness (QED) is 0.612. The number of carbonyl (C=O) groups is 2. The number of anilines is 1. The summed E-state index contributed by atoms with van der Waals surface area (Å²) >= 11 is 0. The monoisotopic (exact) mass is 446 g/mol. The molecule has 4 rings (SSSR count). The van der Waals surface area contributed by atoms with E-state index in [0.29, 0.717) is 41.6 Å². The number of ether oxygens (including phenoxy) is 3. The van der Waals surface area contributed by atoms with Crippen molar-refractivity contribution in [2.75, 3.05) is 19.5 Å². The predicted molar refractivity (Wildman–Crippen MR) is 125 cm³/mol. The van der Waals surface area contributed by atoms with E-state index < -0.39 is 6.10 Å². The van der Waals surface area contributed by atoms with Gasteiger partial charge in [0.2, 0.25) is 0 Å². The Hall–Kier alpha value is -4.00. The minimum atomic E-state index is -0.598. The van der Waals surface area contributed by atoms with E-state index in [4.69, 9.17) is 14.2 Å². The lowest BCUT2D eigenvalue weighted by Gasteiger charge is -2.22. The highest BCUT2D eigenvalue weighted by molar-refractivity contribution is 6.05. The number of nitrogens with zero attached hydrogens (tertiary/aromatic N) is 1. The third-order valence-electron chi connectivity index (χ3n) is 5.47. The molecule has 1 aliphatic heterocycles. The van der Waals surface area contributed by atoms with Crippen molar-refractivity contribution in [2.45, 2.75) is 26.1 Å². The van der Waals surface area contributed by atoms with Crippen LogP contribution in [0.1, 0.15) is 28.4 Å². The van der Waals surface area contributed by atoms with Crippen molar-refractivity contribution < 1.29 is 23.8 Å². The number of rotatable bonds is 6. The van der Waals surface area contributed by atoms with E-state index in [1.54, 1.807) is 42.2 Å². The summed E-state index contributed by atoms with van der Waals surface area (Å²) in [5.74, 6) is 1.31. The van der Waals surface area contributed by atoms with Crippen LogP contribution in [-0.4, -0.2) is 37.0 Å². The van der Waals surface area contributed by atoms with Crippen LogP contribution in [0.15, 0.2) is 66.7 Å². The summed E-state index contributed by atoms with van der Waals surface area (Å²) in [6.07, 6.45) is -0.598. The van der Waals surface area contributed by atoms with Crippen LogP contribution in [0.5, 0.6) is 17.2 Å². The topological polar surface area (TPSA) is 77.1 Å². The Morgan fingerprint density at radius 1 is 1.03 bits per heavy atom. The molecule has 0 radical (unpaired) electrons. The molecule has 0 fully saturated rings. The maximum atomic E-state index is 12.9. The van der Waals surface area contributed by atoms with Crippen LogP contribution in [0, 0.1) is 0 Å². The van der Waals surface area contributed by atoms with Crippen molar-refractivity contribution in [3.05, 3.63) is 83.4 Å². The van der Waals surface area contributed by atoms with E-state index in [1.807, 2.05) is 36.4 Å². The Morgan fingerprint density at radius 3 is 2.39 bits per heavy atom. The average Bonchev–Trinajstić information content (AvgIpc) is 2.95. The maximum absolute atomic E-state index is 12.9. The third kappa shape index (κ3) is 5.09. The van der Waals surface area contributed by atoms with Gasteiger partial charge in [0.05, 0.1) is 14.2 Å². The second-order valence-corrected chi connectivity index (χ2v) is 7.82. The third-order valence-corrected chi connectivity index (χ3v) is 5.47. The largest absolute Gasteiger partial charge is 0.497 e. The molecule has 0 spiro atoms. The zero-order valence-corrected chi connectivity index (χ0v) is 18.8. The number of carbonyl (C=O) groups excluding carboxylic acids is 2. The fraction of sp³-hybridized carbons (Fsp3) is 0.231. The van der Waals surface area contributed by atoms with Crippen LogP contribution in [0.2, 0.25) is 0 Å². The number of nitrogens with one attached hydrogen (secondary N) is 1. The molecule has 3 aromatic rings. The molecule has 1 heterocycles. The second kappa shape index (κ2) is 9.65. The van der Waals surface area contributed by atoms with Crippen LogP contribution in [0.3, 0.4) is 0 Å². The highest BCUT2D eigenvalue weighted by atomic mass is 16.5. The number of methoxy groups -OCH3 is 2. The van der Waals surface area contributed by atoms with Gasteiger partial charge in [-0.1, -0.05) is 30.3 Å². The molecule has 7 heteroatoms. The number of amides is 2. The first-order chi connectivity index (χ1) is 16.0. The van der Waals surface area contributed by atoms with Crippen molar-refractivity contribution in [3.63, 3.8) is 0 Å². The standard InChI is InChI=1S/C26H26N2O5/c1-17-26(30)28(15-18-7-5-4-6-8-18)16-20-11-21(9-10-24(20)33-17)27-25(29)19-12-22(31-2)14-23(13-19)32-3/h4-14,17H,15-16H2,1-3H3,(H,27,29)/t17-/m0/s1. The van der Waals surface area contributed by atoms with E-state index in [0.717, 1.165) is 11.1 Å². The molecule has 1 atom stereocenters. The molecule has 7 nitrogen and oxygen atoms in total. The summed E-state index contributed by atoms with van der Waals surface area (Å²) in [5, 5.41) is 2.91. The first kappa shape index (κ1) is 22.2. The molecule has 2 amide bonds. The second-order valence-electron chi connectivity index (χ2n) is 7.82. The first-order valence-corrected chi connectivity index (χ1v) is 10.6. The maximum Gasteiger partial charge on any atom is 0.263 e. The lowest BCUT2D eigenvalue weighted by Crippen LogP contribution is -2.37. The predicted octanol–water partition coefficient (Wildman–Crippen LogP) is 4.27. The van der Waals surface area contributed by atoms with Gasteiger partial charge in [-0.2, -0.15) is 0 Å². The Bertz CT molecular complexity index is 1140. The summed E-state index contributed by atoms with van der Waals surface area (Å²) in [6, 6.07) is 20.2. The molecule has 0 saturated carbocycles. The van der Waals surface area contributed by atoms with Gasteiger partial charge < -0.3 is 24.4 Å². The fourth-order valence-electron chi connectivity index (χ4n) is 3.76. The highest BCUT2D eigenvalue weighted by Crippen LogP contribution is 2.30. The summed E-state index contributed by atoms with van der Waals surface area (Å²) in [7, 11) is 3.07. The van der Waals surface area contributed by atoms with Crippen LogP contribution in [0.25, 0.3) is 0 Å². The molecule has 1 N–H and O–H groups in total. The summed E-state index contributed by atoms with van der Waals surface area (Å²) in [4.78, 5) is 27.5. The molecule has 0 aromatic heterocycles. The van der Waals surface area contributed by atoms with Crippen molar-refractivity contribution in [3.8, 4) is 17.2 Å². The number of fused-ring (bicyclic) bond motifs is 1. The first-order valence-electron chi connectivity index (χ1n) is 10.6. The van der Waals surface area contributed by atoms with Crippen molar-refractivity contribution >= 4 is 17.5 Å². The molecule has 0 bridgehead atoms. The van der Waals surface area contributed by atoms with Gasteiger partial charge in [-0.3, -0.25) is 9.59 Å². The smallest absolute Gasteiger partial charge is 0.263 e. The van der Waals surface area contributed by atoms with Crippen molar-refractivity contribution in [2.24, 2.45) is 0 Å². The molecule has 0 saturated heterocycles. The zero-order valence-electron chi connectivity index (χ0n) is 18.8. The normalized spacial score (nSPS) is 15.2. The molecule has 0 unspecified atom stereocenters. The van der Waals surface area contributed by atoms with Crippen LogP contribution >= 0.6 is 0 Å². The molecule has 0 aliphatic carbocycles. The van der Waals surface area contributed by atoms with E-state index in [9.17, 15) is 9.59 Å². The Balaban J connectivity index is 1.57. The lowest BCUT2D eigenvalue weighted by atomic mass is 10.1. The molecular weight excluding hydrogens is 420 g/mol. The van der Waals surface area contributed by atoms with Crippen molar-refractivity contribution in [1.29, 1.82) is 0 Å². The fourth-order valence-corrected chi connectivity index (χ4v) is 3.76. The summed E-state index contributed by atoms with van der Waals surface area (Å²) in [5.41, 5.74) is 2.88. The van der Waals surface area contributed by atoms with E-state index in [1.165, 1.54) is 14.2 Å². The summed E-state index contributed by atoms with van der Waals surface area (Å²) < 4.78 is 16.4. The SMILES string of the molecule is COc1cc(OC)cc(C(=O)Nc2ccc3c(c2)CN(Cc2ccccc2)C(=O)[C@H](C)O3)c1. The molecule has 3 aromatic carbocycles. The van der Waals surface area contributed by atoms with Crippen molar-refractivity contribution in [1.82, 2.24) is 4.90 Å². The minimum absolute atomic E-state index is 0.0795. The zero-order chi connectivity index (χ0) is 23.4. The summed E-state index contributed by atoms with van der Waals surface area (Å²) in [6.45, 7) is 2.61. The van der Waals surface area contributed by atoms with Gasteiger partial charge in [-0.25, -0.2) is 0 Å². The van der Waals surface area contributed by atoms with Gasteiger partial charge >= 0.3 is 0 Å². The van der Waals surface area contributed by atoms with Gasteiger partial charge in [0, 0.05) is 36.0 Å². The highest BCUT2D eigenvalue weighted by Gasteiger charge is 2.28. The average molecular weight is 447 g/mol. The van der Waals surface area contributed by atoms with Crippen LogP contribution in [0.4, 0.5) is 5.69 Å². The van der Waals surface area contributed by atoms with Gasteiger partial charge in [0.25, 0.3) is 11.8 Å². The van der Waals surface area contributed by atoms with Gasteiger partial charge in [0.1, 0.15) is 17.2 Å². The van der Waals surface area contributed by atoms with Gasteiger partial charge in [0.15, 0.2) is 6.10 Å². The number of hydrogen-bond acceptors (Lipinski definition) is 5. The Morgan fingerprint density at radius 2 is 1.73 bits per heavy atom. The molecule has 33 heavy (non-hydrogen) atoms. The number of benzene rings is 3. The molecular formula is C26H26N2O5. The van der Waals surface area contributed by atoms with E-state index >= 15 is 0 Å². The lowest BCUT2D eigenvalue weighted by molar-refractivity contribution is -0.138. The van der Waals surface area contributed by atoms with Crippen LogP contribution < -0.4 is 19.5 Å². The Kier molecular flexibility index (Phi) is 6.49. The number of hydrogen-bond donors (Lipinski definition) is 1. The minimum Gasteiger partial charge on any atom is -0.497 e. The van der Waals surface area contributed by atoms with Gasteiger partial charge in [-0.15, -0.1) is 0 Å².